The molecule has 1 heterocycles. The first-order valence-corrected chi connectivity index (χ1v) is 9.82. The molecule has 1 atom stereocenters. The number of nitrogens with zero attached hydrogens (tertiary/aromatic N) is 1. The first kappa shape index (κ1) is 17.2. The van der Waals surface area contributed by atoms with Gasteiger partial charge in [0.2, 0.25) is 0 Å². The van der Waals surface area contributed by atoms with E-state index < -0.39 is 0 Å². The van der Waals surface area contributed by atoms with E-state index in [4.69, 9.17) is 4.74 Å². The zero-order valence-corrected chi connectivity index (χ0v) is 16.0. The van der Waals surface area contributed by atoms with Gasteiger partial charge in [0, 0.05) is 28.8 Å². The highest BCUT2D eigenvalue weighted by Crippen LogP contribution is 2.73. The number of carbonyl (C=O) groups is 1. The van der Waals surface area contributed by atoms with Crippen LogP contribution >= 0.6 is 0 Å². The minimum atomic E-state index is -0.362. The maximum Gasteiger partial charge on any atom is 0.169 e. The molecule has 28 heavy (non-hydrogen) atoms. The fourth-order valence-electron chi connectivity index (χ4n) is 5.56. The number of pyridine rings is 1. The summed E-state index contributed by atoms with van der Waals surface area (Å²) >= 11 is 0. The monoisotopic (exact) mass is 369 g/mol. The molecule has 3 aliphatic rings. The third-order valence-corrected chi connectivity index (χ3v) is 6.80. The van der Waals surface area contributed by atoms with Gasteiger partial charge in [0.05, 0.1) is 7.11 Å². The average molecular weight is 369 g/mol. The molecule has 3 heteroatoms. The van der Waals surface area contributed by atoms with Gasteiger partial charge in [0.1, 0.15) is 5.75 Å². The van der Waals surface area contributed by atoms with E-state index in [1.165, 1.54) is 5.56 Å². The fraction of sp³-hybridized carbons (Fsp3) is 0.280. The molecule has 3 nitrogen and oxygen atoms in total. The SMILES string of the molecule is COc1ccc(C(=O)C23CC(c4ccccc4)(C[C@H]2c2ccccn2)C3)cc1. The lowest BCUT2D eigenvalue weighted by atomic mass is 9.54. The van der Waals surface area contributed by atoms with Crippen LogP contribution in [0.4, 0.5) is 0 Å². The van der Waals surface area contributed by atoms with Crippen molar-refractivity contribution in [3.05, 3.63) is 95.8 Å². The van der Waals surface area contributed by atoms with E-state index in [0.717, 1.165) is 36.3 Å². The lowest BCUT2D eigenvalue weighted by Crippen LogP contribution is -2.47. The number of carbonyl (C=O) groups excluding carboxylic acids is 1. The van der Waals surface area contributed by atoms with Crippen LogP contribution in [-0.4, -0.2) is 17.9 Å². The number of hydrogen-bond acceptors (Lipinski definition) is 3. The lowest BCUT2D eigenvalue weighted by molar-refractivity contribution is 0.0537. The lowest BCUT2D eigenvalue weighted by Gasteiger charge is -2.48. The van der Waals surface area contributed by atoms with Gasteiger partial charge in [-0.3, -0.25) is 9.78 Å². The number of Topliss-reactive ketones (excluding diaryl/α,β-unsaturated/α-hetero) is 1. The molecule has 0 amide bonds. The summed E-state index contributed by atoms with van der Waals surface area (Å²) in [4.78, 5) is 18.3. The molecular weight excluding hydrogens is 346 g/mol. The van der Waals surface area contributed by atoms with Crippen molar-refractivity contribution in [2.24, 2.45) is 5.41 Å². The summed E-state index contributed by atoms with van der Waals surface area (Å²) in [5.41, 5.74) is 2.89. The Morgan fingerprint density at radius 3 is 2.32 bits per heavy atom. The molecule has 2 aromatic carbocycles. The van der Waals surface area contributed by atoms with Gasteiger partial charge in [-0.05, 0) is 66.6 Å². The number of hydrogen-bond donors (Lipinski definition) is 0. The van der Waals surface area contributed by atoms with Crippen LogP contribution in [0.1, 0.15) is 46.8 Å². The largest absolute Gasteiger partial charge is 0.497 e. The molecule has 0 radical (unpaired) electrons. The van der Waals surface area contributed by atoms with Gasteiger partial charge >= 0.3 is 0 Å². The van der Waals surface area contributed by atoms with Crippen molar-refractivity contribution in [2.45, 2.75) is 30.6 Å². The van der Waals surface area contributed by atoms with Crippen molar-refractivity contribution < 1.29 is 9.53 Å². The predicted octanol–water partition coefficient (Wildman–Crippen LogP) is 5.18. The smallest absolute Gasteiger partial charge is 0.169 e. The summed E-state index contributed by atoms with van der Waals surface area (Å²) in [5.74, 6) is 1.17. The molecule has 1 aromatic heterocycles. The molecule has 3 fully saturated rings. The number of aromatic nitrogens is 1. The van der Waals surface area contributed by atoms with Gasteiger partial charge in [-0.2, -0.15) is 0 Å². The van der Waals surface area contributed by atoms with Crippen molar-refractivity contribution >= 4 is 5.78 Å². The van der Waals surface area contributed by atoms with Gasteiger partial charge < -0.3 is 4.74 Å². The van der Waals surface area contributed by atoms with E-state index in [1.54, 1.807) is 7.11 Å². The first-order chi connectivity index (χ1) is 13.7. The number of methoxy groups -OCH3 is 1. The van der Waals surface area contributed by atoms with E-state index >= 15 is 0 Å². The van der Waals surface area contributed by atoms with Gasteiger partial charge in [0.15, 0.2) is 5.78 Å². The molecule has 0 unspecified atom stereocenters. The third-order valence-electron chi connectivity index (χ3n) is 6.80. The number of fused-ring (bicyclic) bond motifs is 1. The normalized spacial score (nSPS) is 27.8. The van der Waals surface area contributed by atoms with Crippen LogP contribution in [0.15, 0.2) is 79.0 Å². The van der Waals surface area contributed by atoms with E-state index in [2.05, 4.69) is 41.4 Å². The summed E-state index contributed by atoms with van der Waals surface area (Å²) in [7, 11) is 1.64. The van der Waals surface area contributed by atoms with Crippen LogP contribution in [0.25, 0.3) is 0 Å². The standard InChI is InChI=1S/C25H23NO2/c1-28-20-12-10-18(11-13-20)23(27)25-16-24(17-25,19-7-3-2-4-8-19)15-21(25)22-9-5-6-14-26-22/h2-14,21H,15-17H2,1H3/t21-,24?,25?/m0/s1. The van der Waals surface area contributed by atoms with E-state index in [1.807, 2.05) is 42.6 Å². The van der Waals surface area contributed by atoms with Crippen molar-refractivity contribution in [3.63, 3.8) is 0 Å². The fourth-order valence-corrected chi connectivity index (χ4v) is 5.56. The molecule has 140 valence electrons. The quantitative estimate of drug-likeness (QED) is 0.582. The van der Waals surface area contributed by atoms with Gasteiger partial charge in [-0.1, -0.05) is 36.4 Å². The Balaban J connectivity index is 1.55. The summed E-state index contributed by atoms with van der Waals surface area (Å²) in [6, 6.07) is 24.3. The Morgan fingerprint density at radius 2 is 1.68 bits per heavy atom. The molecule has 2 bridgehead atoms. The van der Waals surface area contributed by atoms with Crippen LogP contribution in [0.2, 0.25) is 0 Å². The topological polar surface area (TPSA) is 39.2 Å². The van der Waals surface area contributed by atoms with Crippen molar-refractivity contribution in [3.8, 4) is 5.75 Å². The highest BCUT2D eigenvalue weighted by molar-refractivity contribution is 6.03. The number of ether oxygens (including phenoxy) is 1. The second-order valence-corrected chi connectivity index (χ2v) is 8.22. The van der Waals surface area contributed by atoms with Crippen LogP contribution in [0, 0.1) is 5.41 Å². The molecule has 3 aliphatic carbocycles. The van der Waals surface area contributed by atoms with E-state index in [9.17, 15) is 4.79 Å². The molecule has 3 aromatic rings. The Morgan fingerprint density at radius 1 is 0.964 bits per heavy atom. The Labute approximate surface area is 165 Å². The second-order valence-electron chi connectivity index (χ2n) is 8.22. The molecular formula is C25H23NO2. The predicted molar refractivity (Wildman–Crippen MR) is 109 cm³/mol. The average Bonchev–Trinajstić information content (AvgIpc) is 3.28. The molecule has 3 saturated carbocycles. The summed E-state index contributed by atoms with van der Waals surface area (Å²) in [6.07, 6.45) is 4.62. The maximum absolute atomic E-state index is 13.7. The van der Waals surface area contributed by atoms with Crippen molar-refractivity contribution in [1.29, 1.82) is 0 Å². The Kier molecular flexibility index (Phi) is 3.87. The molecule has 0 aliphatic heterocycles. The molecule has 0 spiro atoms. The van der Waals surface area contributed by atoms with Gasteiger partial charge in [-0.15, -0.1) is 0 Å². The van der Waals surface area contributed by atoms with Crippen LogP contribution < -0.4 is 4.74 Å². The van der Waals surface area contributed by atoms with Crippen LogP contribution in [0.3, 0.4) is 0 Å². The second kappa shape index (κ2) is 6.30. The van der Waals surface area contributed by atoms with Gasteiger partial charge in [0.25, 0.3) is 0 Å². The molecule has 0 N–H and O–H groups in total. The maximum atomic E-state index is 13.7. The van der Waals surface area contributed by atoms with E-state index in [0.29, 0.717) is 0 Å². The van der Waals surface area contributed by atoms with Crippen LogP contribution in [0.5, 0.6) is 5.75 Å². The van der Waals surface area contributed by atoms with Crippen LogP contribution in [-0.2, 0) is 5.41 Å². The minimum Gasteiger partial charge on any atom is -0.497 e. The minimum absolute atomic E-state index is 0.0889. The zero-order chi connectivity index (χ0) is 19.2. The number of rotatable bonds is 5. The Hall–Kier alpha value is -2.94. The van der Waals surface area contributed by atoms with Gasteiger partial charge in [-0.25, -0.2) is 0 Å². The molecule has 6 rings (SSSR count). The van der Waals surface area contributed by atoms with Crippen molar-refractivity contribution in [1.82, 2.24) is 4.98 Å². The Bertz CT molecular complexity index is 990. The highest BCUT2D eigenvalue weighted by Gasteiger charge is 2.70. The van der Waals surface area contributed by atoms with E-state index in [-0.39, 0.29) is 22.5 Å². The first-order valence-electron chi connectivity index (χ1n) is 9.82. The number of benzene rings is 2. The summed E-state index contributed by atoms with van der Waals surface area (Å²) < 4.78 is 5.25. The number of ketones is 1. The zero-order valence-electron chi connectivity index (χ0n) is 16.0. The summed E-state index contributed by atoms with van der Waals surface area (Å²) in [6.45, 7) is 0. The highest BCUT2D eigenvalue weighted by atomic mass is 16.5. The van der Waals surface area contributed by atoms with Crippen molar-refractivity contribution in [2.75, 3.05) is 7.11 Å². The third kappa shape index (κ3) is 2.42. The molecule has 0 saturated heterocycles. The summed E-state index contributed by atoms with van der Waals surface area (Å²) in [5, 5.41) is 0.